The fourth-order valence-electron chi connectivity index (χ4n) is 3.37. The van der Waals surface area contributed by atoms with Gasteiger partial charge in [0.25, 0.3) is 0 Å². The zero-order valence-electron chi connectivity index (χ0n) is 12.9. The second-order valence-corrected chi connectivity index (χ2v) is 6.05. The summed E-state index contributed by atoms with van der Waals surface area (Å²) in [5, 5.41) is 6.71. The molecule has 0 spiro atoms. The van der Waals surface area contributed by atoms with Gasteiger partial charge in [0, 0.05) is 17.1 Å². The lowest BCUT2D eigenvalue weighted by molar-refractivity contribution is -0.121. The first-order valence-electron chi connectivity index (χ1n) is 7.62. The summed E-state index contributed by atoms with van der Waals surface area (Å²) in [5.41, 5.74) is 10.9. The SMILES string of the molecule is CC1(C(=O)Nc2ccccc2)CC(CN=[N+]=[N-])c2ccccc21. The molecule has 0 saturated heterocycles. The molecule has 116 valence electrons. The van der Waals surface area contributed by atoms with Gasteiger partial charge in [-0.3, -0.25) is 4.79 Å². The molecule has 0 bridgehead atoms. The van der Waals surface area contributed by atoms with Crippen LogP contribution in [-0.2, 0) is 10.2 Å². The highest BCUT2D eigenvalue weighted by molar-refractivity contribution is 5.99. The number of para-hydroxylation sites is 1. The molecule has 0 aromatic heterocycles. The summed E-state index contributed by atoms with van der Waals surface area (Å²) in [6, 6.07) is 17.4. The maximum atomic E-state index is 12.9. The number of azide groups is 1. The van der Waals surface area contributed by atoms with Crippen molar-refractivity contribution >= 4 is 11.6 Å². The van der Waals surface area contributed by atoms with Crippen LogP contribution in [0.3, 0.4) is 0 Å². The van der Waals surface area contributed by atoms with Gasteiger partial charge in [-0.2, -0.15) is 0 Å². The number of hydrogen-bond donors (Lipinski definition) is 1. The van der Waals surface area contributed by atoms with E-state index >= 15 is 0 Å². The Bertz CT molecular complexity index is 768. The smallest absolute Gasteiger partial charge is 0.234 e. The Balaban J connectivity index is 1.91. The molecule has 5 heteroatoms. The maximum absolute atomic E-state index is 12.9. The first-order chi connectivity index (χ1) is 11.1. The monoisotopic (exact) mass is 306 g/mol. The van der Waals surface area contributed by atoms with Gasteiger partial charge in [0.2, 0.25) is 5.91 Å². The minimum atomic E-state index is -0.623. The Morgan fingerprint density at radius 1 is 1.26 bits per heavy atom. The molecule has 1 aliphatic rings. The van der Waals surface area contributed by atoms with Crippen molar-refractivity contribution in [3.63, 3.8) is 0 Å². The third-order valence-electron chi connectivity index (χ3n) is 4.55. The van der Waals surface area contributed by atoms with Gasteiger partial charge in [0.15, 0.2) is 0 Å². The second-order valence-electron chi connectivity index (χ2n) is 6.05. The number of fused-ring (bicyclic) bond motifs is 1. The van der Waals surface area contributed by atoms with E-state index in [1.165, 1.54) is 0 Å². The average Bonchev–Trinajstić information content (AvgIpc) is 2.88. The highest BCUT2D eigenvalue weighted by atomic mass is 16.2. The van der Waals surface area contributed by atoms with Gasteiger partial charge >= 0.3 is 0 Å². The summed E-state index contributed by atoms with van der Waals surface area (Å²) in [6.45, 7) is 2.34. The fourth-order valence-corrected chi connectivity index (χ4v) is 3.37. The second kappa shape index (κ2) is 6.15. The Hall–Kier alpha value is -2.78. The number of rotatable bonds is 4. The number of hydrogen-bond acceptors (Lipinski definition) is 2. The van der Waals surface area contributed by atoms with Gasteiger partial charge in [-0.05, 0) is 48.1 Å². The van der Waals surface area contributed by atoms with Crippen LogP contribution in [0.15, 0.2) is 59.7 Å². The maximum Gasteiger partial charge on any atom is 0.234 e. The highest BCUT2D eigenvalue weighted by Crippen LogP contribution is 2.46. The van der Waals surface area contributed by atoms with Crippen LogP contribution in [0.4, 0.5) is 5.69 Å². The first-order valence-corrected chi connectivity index (χ1v) is 7.62. The minimum absolute atomic E-state index is 0.0282. The van der Waals surface area contributed by atoms with Crippen LogP contribution in [0.5, 0.6) is 0 Å². The van der Waals surface area contributed by atoms with Gasteiger partial charge in [-0.25, -0.2) is 0 Å². The molecule has 23 heavy (non-hydrogen) atoms. The van der Waals surface area contributed by atoms with Crippen molar-refractivity contribution in [1.82, 2.24) is 0 Å². The molecule has 2 aromatic carbocycles. The van der Waals surface area contributed by atoms with E-state index in [1.54, 1.807) is 0 Å². The standard InChI is InChI=1S/C18H18N4O/c1-18(17(23)21-14-7-3-2-4-8-14)11-13(12-20-22-19)15-9-5-6-10-16(15)18/h2-10,13H,11-12H2,1H3,(H,21,23). The van der Waals surface area contributed by atoms with Gasteiger partial charge in [0.05, 0.1) is 5.41 Å². The van der Waals surface area contributed by atoms with Crippen molar-refractivity contribution < 1.29 is 4.79 Å². The lowest BCUT2D eigenvalue weighted by atomic mass is 9.82. The van der Waals surface area contributed by atoms with Crippen LogP contribution in [-0.4, -0.2) is 12.5 Å². The summed E-state index contributed by atoms with van der Waals surface area (Å²) < 4.78 is 0. The van der Waals surface area contributed by atoms with Gasteiger partial charge < -0.3 is 5.32 Å². The van der Waals surface area contributed by atoms with Crippen molar-refractivity contribution in [2.24, 2.45) is 5.11 Å². The average molecular weight is 306 g/mol. The van der Waals surface area contributed by atoms with E-state index in [0.29, 0.717) is 13.0 Å². The quantitative estimate of drug-likeness (QED) is 0.508. The summed E-state index contributed by atoms with van der Waals surface area (Å²) in [6.07, 6.45) is 0.643. The number of carbonyl (C=O) groups excluding carboxylic acids is 1. The third-order valence-corrected chi connectivity index (χ3v) is 4.55. The summed E-state index contributed by atoms with van der Waals surface area (Å²) in [5.74, 6) is 0.0493. The predicted octanol–water partition coefficient (Wildman–Crippen LogP) is 4.38. The van der Waals surface area contributed by atoms with E-state index in [2.05, 4.69) is 15.3 Å². The Labute approximate surface area is 135 Å². The molecule has 2 atom stereocenters. The van der Waals surface area contributed by atoms with Crippen LogP contribution in [0.25, 0.3) is 10.4 Å². The molecule has 1 aliphatic carbocycles. The van der Waals surface area contributed by atoms with Crippen molar-refractivity contribution in [3.05, 3.63) is 76.2 Å². The molecule has 0 heterocycles. The molecule has 1 N–H and O–H groups in total. The number of benzene rings is 2. The van der Waals surface area contributed by atoms with E-state index < -0.39 is 5.41 Å². The molecule has 0 fully saturated rings. The Morgan fingerprint density at radius 3 is 2.70 bits per heavy atom. The summed E-state index contributed by atoms with van der Waals surface area (Å²) in [4.78, 5) is 15.8. The normalized spacial score (nSPS) is 22.0. The van der Waals surface area contributed by atoms with E-state index in [1.807, 2.05) is 61.5 Å². The molecule has 2 unspecified atom stereocenters. The lowest BCUT2D eigenvalue weighted by Gasteiger charge is -2.24. The number of anilines is 1. The molecule has 3 rings (SSSR count). The Morgan fingerprint density at radius 2 is 1.96 bits per heavy atom. The van der Waals surface area contributed by atoms with Crippen LogP contribution >= 0.6 is 0 Å². The highest BCUT2D eigenvalue weighted by Gasteiger charge is 2.45. The predicted molar refractivity (Wildman–Crippen MR) is 90.2 cm³/mol. The fraction of sp³-hybridized carbons (Fsp3) is 0.278. The van der Waals surface area contributed by atoms with Crippen molar-refractivity contribution in [1.29, 1.82) is 0 Å². The zero-order chi connectivity index (χ0) is 16.3. The van der Waals surface area contributed by atoms with Gasteiger partial charge in [-0.1, -0.05) is 47.6 Å². The van der Waals surface area contributed by atoms with Crippen LogP contribution < -0.4 is 5.32 Å². The molecular formula is C18H18N4O. The van der Waals surface area contributed by atoms with Crippen molar-refractivity contribution in [3.8, 4) is 0 Å². The first kappa shape index (κ1) is 15.1. The van der Waals surface area contributed by atoms with Crippen LogP contribution in [0.2, 0.25) is 0 Å². The molecule has 1 amide bonds. The van der Waals surface area contributed by atoms with E-state index in [4.69, 9.17) is 5.53 Å². The number of nitrogens with one attached hydrogen (secondary N) is 1. The number of carbonyl (C=O) groups is 1. The topological polar surface area (TPSA) is 77.9 Å². The summed E-state index contributed by atoms with van der Waals surface area (Å²) >= 11 is 0. The van der Waals surface area contributed by atoms with Crippen LogP contribution in [0.1, 0.15) is 30.4 Å². The van der Waals surface area contributed by atoms with Crippen molar-refractivity contribution in [2.45, 2.75) is 24.7 Å². The minimum Gasteiger partial charge on any atom is -0.325 e. The number of nitrogens with zero attached hydrogens (tertiary/aromatic N) is 3. The molecule has 5 nitrogen and oxygen atoms in total. The van der Waals surface area contributed by atoms with Crippen LogP contribution in [0, 0.1) is 0 Å². The van der Waals surface area contributed by atoms with E-state index in [-0.39, 0.29) is 11.8 Å². The molecular weight excluding hydrogens is 288 g/mol. The molecule has 0 saturated carbocycles. The largest absolute Gasteiger partial charge is 0.325 e. The Kier molecular flexibility index (Phi) is 4.04. The van der Waals surface area contributed by atoms with E-state index in [0.717, 1.165) is 16.8 Å². The van der Waals surface area contributed by atoms with Gasteiger partial charge in [0.1, 0.15) is 0 Å². The molecule has 0 aliphatic heterocycles. The zero-order valence-corrected chi connectivity index (χ0v) is 12.9. The van der Waals surface area contributed by atoms with E-state index in [9.17, 15) is 4.79 Å². The molecule has 0 radical (unpaired) electrons. The molecule has 2 aromatic rings. The lowest BCUT2D eigenvalue weighted by Crippen LogP contribution is -2.35. The third kappa shape index (κ3) is 2.79. The van der Waals surface area contributed by atoms with Crippen molar-refractivity contribution in [2.75, 3.05) is 11.9 Å². The van der Waals surface area contributed by atoms with Gasteiger partial charge in [-0.15, -0.1) is 0 Å². The summed E-state index contributed by atoms with van der Waals surface area (Å²) in [7, 11) is 0. The number of amides is 1.